The fourth-order valence-corrected chi connectivity index (χ4v) is 4.40. The van der Waals surface area contributed by atoms with Crippen LogP contribution in [0.15, 0.2) is 0 Å². The SMILES string of the molecule is O=C(O)CC1CC2CCC(C1)N2C(=O)CCC1CCCO1. The summed E-state index contributed by atoms with van der Waals surface area (Å²) in [6.07, 6.45) is 7.99. The van der Waals surface area contributed by atoms with Crippen LogP contribution in [-0.2, 0) is 14.3 Å². The van der Waals surface area contributed by atoms with Crippen LogP contribution < -0.4 is 0 Å². The Morgan fingerprint density at radius 2 is 1.86 bits per heavy atom. The first-order valence-electron chi connectivity index (χ1n) is 8.28. The molecule has 5 nitrogen and oxygen atoms in total. The van der Waals surface area contributed by atoms with Gasteiger partial charge in [0.25, 0.3) is 0 Å². The van der Waals surface area contributed by atoms with Gasteiger partial charge >= 0.3 is 5.97 Å². The lowest BCUT2D eigenvalue weighted by atomic mass is 9.88. The number of piperidine rings is 1. The molecule has 3 atom stereocenters. The number of carbonyl (C=O) groups is 2. The van der Waals surface area contributed by atoms with E-state index in [0.29, 0.717) is 6.42 Å². The van der Waals surface area contributed by atoms with Gasteiger partial charge in [-0.25, -0.2) is 0 Å². The lowest BCUT2D eigenvalue weighted by Gasteiger charge is -2.39. The maximum Gasteiger partial charge on any atom is 0.303 e. The molecule has 0 aliphatic carbocycles. The van der Waals surface area contributed by atoms with Crippen LogP contribution in [0.3, 0.4) is 0 Å². The highest BCUT2D eigenvalue weighted by molar-refractivity contribution is 5.77. The molecular formula is C16H25NO4. The quantitative estimate of drug-likeness (QED) is 0.844. The molecule has 21 heavy (non-hydrogen) atoms. The van der Waals surface area contributed by atoms with E-state index in [2.05, 4.69) is 4.90 Å². The maximum absolute atomic E-state index is 12.5. The first kappa shape index (κ1) is 14.8. The molecule has 118 valence electrons. The molecule has 2 bridgehead atoms. The highest BCUT2D eigenvalue weighted by Crippen LogP contribution is 2.40. The number of carboxylic acid groups (broad SMARTS) is 1. The largest absolute Gasteiger partial charge is 0.481 e. The summed E-state index contributed by atoms with van der Waals surface area (Å²) in [5, 5.41) is 8.94. The number of hydrogen-bond donors (Lipinski definition) is 1. The van der Waals surface area contributed by atoms with E-state index in [1.165, 1.54) is 0 Å². The van der Waals surface area contributed by atoms with Crippen LogP contribution in [0.1, 0.15) is 57.8 Å². The third kappa shape index (κ3) is 3.39. The molecule has 3 fully saturated rings. The van der Waals surface area contributed by atoms with Crippen LogP contribution in [0, 0.1) is 5.92 Å². The standard InChI is InChI=1S/C16H25NO4/c18-15(6-5-14-2-1-7-21-14)17-12-3-4-13(17)9-11(8-12)10-16(19)20/h11-14H,1-10H2,(H,19,20). The van der Waals surface area contributed by atoms with E-state index in [1.54, 1.807) is 0 Å². The highest BCUT2D eigenvalue weighted by Gasteiger charge is 2.43. The molecule has 0 saturated carbocycles. The average Bonchev–Trinajstić information content (AvgIpc) is 3.02. The average molecular weight is 295 g/mol. The summed E-state index contributed by atoms with van der Waals surface area (Å²) in [4.78, 5) is 25.4. The molecule has 0 aromatic heterocycles. The molecule has 3 rings (SSSR count). The van der Waals surface area contributed by atoms with Gasteiger partial charge in [-0.1, -0.05) is 0 Å². The Balaban J connectivity index is 1.52. The molecular weight excluding hydrogens is 270 g/mol. The first-order chi connectivity index (χ1) is 10.1. The van der Waals surface area contributed by atoms with Gasteiger partial charge in [0.1, 0.15) is 0 Å². The van der Waals surface area contributed by atoms with Crippen molar-refractivity contribution in [3.05, 3.63) is 0 Å². The van der Waals surface area contributed by atoms with E-state index in [1.807, 2.05) is 0 Å². The molecule has 3 aliphatic rings. The summed E-state index contributed by atoms with van der Waals surface area (Å²) in [5.41, 5.74) is 0. The Labute approximate surface area is 125 Å². The predicted octanol–water partition coefficient (Wildman–Crippen LogP) is 2.19. The van der Waals surface area contributed by atoms with Crippen molar-refractivity contribution in [3.8, 4) is 0 Å². The minimum absolute atomic E-state index is 0.252. The van der Waals surface area contributed by atoms with Crippen LogP contribution in [-0.4, -0.2) is 46.7 Å². The zero-order valence-corrected chi connectivity index (χ0v) is 12.5. The van der Waals surface area contributed by atoms with Crippen molar-refractivity contribution in [2.24, 2.45) is 5.92 Å². The number of carboxylic acids is 1. The molecule has 0 radical (unpaired) electrons. The molecule has 0 aromatic carbocycles. The molecule has 1 amide bonds. The van der Waals surface area contributed by atoms with Gasteiger partial charge in [-0.3, -0.25) is 9.59 Å². The van der Waals surface area contributed by atoms with Gasteiger partial charge in [0.15, 0.2) is 0 Å². The van der Waals surface area contributed by atoms with Crippen LogP contribution >= 0.6 is 0 Å². The Morgan fingerprint density at radius 3 is 2.43 bits per heavy atom. The minimum Gasteiger partial charge on any atom is -0.481 e. The summed E-state index contributed by atoms with van der Waals surface area (Å²) in [7, 11) is 0. The van der Waals surface area contributed by atoms with Crippen molar-refractivity contribution in [2.75, 3.05) is 6.61 Å². The van der Waals surface area contributed by atoms with Crippen LogP contribution in [0.2, 0.25) is 0 Å². The second kappa shape index (κ2) is 6.34. The zero-order valence-electron chi connectivity index (χ0n) is 12.5. The van der Waals surface area contributed by atoms with Crippen molar-refractivity contribution >= 4 is 11.9 Å². The van der Waals surface area contributed by atoms with E-state index < -0.39 is 5.97 Å². The predicted molar refractivity (Wildman–Crippen MR) is 76.8 cm³/mol. The lowest BCUT2D eigenvalue weighted by Crippen LogP contribution is -2.47. The number of carbonyl (C=O) groups excluding carboxylic acids is 1. The molecule has 3 unspecified atom stereocenters. The monoisotopic (exact) mass is 295 g/mol. The van der Waals surface area contributed by atoms with Crippen molar-refractivity contribution < 1.29 is 19.4 Å². The second-order valence-electron chi connectivity index (χ2n) is 6.80. The molecule has 0 aromatic rings. The van der Waals surface area contributed by atoms with Gasteiger partial charge in [0, 0.05) is 31.5 Å². The van der Waals surface area contributed by atoms with E-state index in [0.717, 1.165) is 51.6 Å². The Bertz CT molecular complexity index is 391. The fraction of sp³-hybridized carbons (Fsp3) is 0.875. The van der Waals surface area contributed by atoms with E-state index in [4.69, 9.17) is 9.84 Å². The van der Waals surface area contributed by atoms with Crippen molar-refractivity contribution in [2.45, 2.75) is 76.0 Å². The summed E-state index contributed by atoms with van der Waals surface area (Å²) in [5.74, 6) is -0.202. The van der Waals surface area contributed by atoms with E-state index in [9.17, 15) is 9.59 Å². The van der Waals surface area contributed by atoms with Crippen molar-refractivity contribution in [3.63, 3.8) is 0 Å². The molecule has 1 N–H and O–H groups in total. The maximum atomic E-state index is 12.5. The molecule has 3 aliphatic heterocycles. The first-order valence-corrected chi connectivity index (χ1v) is 8.28. The Hall–Kier alpha value is -1.10. The number of rotatable bonds is 5. The third-order valence-electron chi connectivity index (χ3n) is 5.29. The van der Waals surface area contributed by atoms with Crippen molar-refractivity contribution in [1.29, 1.82) is 0 Å². The number of amides is 1. The van der Waals surface area contributed by atoms with Gasteiger partial charge in [-0.15, -0.1) is 0 Å². The van der Waals surface area contributed by atoms with E-state index >= 15 is 0 Å². The topological polar surface area (TPSA) is 66.8 Å². The second-order valence-corrected chi connectivity index (χ2v) is 6.80. The number of aliphatic carboxylic acids is 1. The highest BCUT2D eigenvalue weighted by atomic mass is 16.5. The van der Waals surface area contributed by atoms with Gasteiger partial charge in [0.05, 0.1) is 6.10 Å². The number of nitrogens with zero attached hydrogens (tertiary/aromatic N) is 1. The van der Waals surface area contributed by atoms with Gasteiger partial charge in [-0.05, 0) is 50.9 Å². The lowest BCUT2D eigenvalue weighted by molar-refractivity contribution is -0.140. The number of hydrogen-bond acceptors (Lipinski definition) is 3. The van der Waals surface area contributed by atoms with Gasteiger partial charge in [-0.2, -0.15) is 0 Å². The smallest absolute Gasteiger partial charge is 0.303 e. The summed E-state index contributed by atoms with van der Waals surface area (Å²) in [6, 6.07) is 0.565. The zero-order chi connectivity index (χ0) is 14.8. The summed E-state index contributed by atoms with van der Waals surface area (Å²) in [6.45, 7) is 0.838. The molecule has 0 spiro atoms. The van der Waals surface area contributed by atoms with Crippen LogP contribution in [0.5, 0.6) is 0 Å². The Morgan fingerprint density at radius 1 is 1.14 bits per heavy atom. The number of fused-ring (bicyclic) bond motifs is 2. The van der Waals surface area contributed by atoms with Gasteiger partial charge in [0.2, 0.25) is 5.91 Å². The molecule has 3 saturated heterocycles. The fourth-order valence-electron chi connectivity index (χ4n) is 4.40. The number of ether oxygens (including phenoxy) is 1. The summed E-state index contributed by atoms with van der Waals surface area (Å²) < 4.78 is 5.58. The third-order valence-corrected chi connectivity index (χ3v) is 5.29. The molecule has 5 heteroatoms. The van der Waals surface area contributed by atoms with Crippen LogP contribution in [0.25, 0.3) is 0 Å². The Kier molecular flexibility index (Phi) is 4.48. The van der Waals surface area contributed by atoms with Crippen molar-refractivity contribution in [1.82, 2.24) is 4.90 Å². The minimum atomic E-state index is -0.711. The normalized spacial score (nSPS) is 35.1. The van der Waals surface area contributed by atoms with E-state index in [-0.39, 0.29) is 36.4 Å². The van der Waals surface area contributed by atoms with Crippen LogP contribution in [0.4, 0.5) is 0 Å². The molecule has 3 heterocycles. The summed E-state index contributed by atoms with van der Waals surface area (Å²) >= 11 is 0. The van der Waals surface area contributed by atoms with Gasteiger partial charge < -0.3 is 14.7 Å².